The quantitative estimate of drug-likeness (QED) is 0.268. The topological polar surface area (TPSA) is 78.6 Å². The molecule has 0 spiro atoms. The summed E-state index contributed by atoms with van der Waals surface area (Å²) in [5, 5.41) is 7.55. The van der Waals surface area contributed by atoms with E-state index in [1.54, 1.807) is 18.9 Å². The van der Waals surface area contributed by atoms with E-state index >= 15 is 0 Å². The van der Waals surface area contributed by atoms with Crippen molar-refractivity contribution in [3.8, 4) is 22.9 Å². The third-order valence-electron chi connectivity index (χ3n) is 6.54. The molecule has 1 aliphatic heterocycles. The molecule has 1 aliphatic rings. The first-order chi connectivity index (χ1) is 18.2. The van der Waals surface area contributed by atoms with Crippen molar-refractivity contribution >= 4 is 11.8 Å². The molecule has 2 heterocycles. The van der Waals surface area contributed by atoms with Gasteiger partial charge in [0.15, 0.2) is 6.61 Å². The molecule has 7 nitrogen and oxygen atoms in total. The highest BCUT2D eigenvalue weighted by molar-refractivity contribution is 7.98. The van der Waals surface area contributed by atoms with Gasteiger partial charge in [-0.2, -0.15) is 4.98 Å². The molecule has 3 aromatic carbocycles. The van der Waals surface area contributed by atoms with Crippen molar-refractivity contribution < 1.29 is 18.7 Å². The number of nitrogens with one attached hydrogen (secondary N) is 1. The van der Waals surface area contributed by atoms with Crippen LogP contribution in [0.25, 0.3) is 11.4 Å². The van der Waals surface area contributed by atoms with Crippen LogP contribution in [0.2, 0.25) is 0 Å². The Balaban J connectivity index is 1.18. The first-order valence-electron chi connectivity index (χ1n) is 12.4. The minimum Gasteiger partial charge on any atom is -0.496 e. The number of piperidine rings is 1. The summed E-state index contributed by atoms with van der Waals surface area (Å²) in [5.41, 5.74) is 3.23. The van der Waals surface area contributed by atoms with E-state index in [9.17, 15) is 0 Å². The van der Waals surface area contributed by atoms with Gasteiger partial charge in [0.25, 0.3) is 5.89 Å². The fourth-order valence-electron chi connectivity index (χ4n) is 4.52. The molecular weight excluding hydrogens is 486 g/mol. The number of hydrogen-bond donors (Lipinski definition) is 1. The van der Waals surface area contributed by atoms with Gasteiger partial charge in [-0.3, -0.25) is 0 Å². The number of thioether (sulfide) groups is 1. The number of rotatable bonds is 10. The van der Waals surface area contributed by atoms with E-state index in [-0.39, 0.29) is 12.7 Å². The first kappa shape index (κ1) is 25.3. The highest BCUT2D eigenvalue weighted by Gasteiger charge is 2.27. The largest absolute Gasteiger partial charge is 0.496 e. The van der Waals surface area contributed by atoms with Crippen molar-refractivity contribution in [3.63, 3.8) is 0 Å². The summed E-state index contributed by atoms with van der Waals surface area (Å²) >= 11 is 1.75. The van der Waals surface area contributed by atoms with Crippen LogP contribution in [0.5, 0.6) is 11.5 Å². The van der Waals surface area contributed by atoms with Gasteiger partial charge in [0.1, 0.15) is 11.5 Å². The number of ether oxygens (including phenoxy) is 3. The molecule has 5 rings (SSSR count). The molecule has 192 valence electrons. The average molecular weight is 518 g/mol. The maximum atomic E-state index is 6.36. The van der Waals surface area contributed by atoms with Crippen LogP contribution in [0.15, 0.2) is 82.2 Å². The lowest BCUT2D eigenvalue weighted by molar-refractivity contribution is 0.0106. The Morgan fingerprint density at radius 3 is 2.59 bits per heavy atom. The second kappa shape index (κ2) is 12.3. The van der Waals surface area contributed by atoms with E-state index in [0.717, 1.165) is 30.8 Å². The SMILES string of the molecule is COc1ccccc1-c1noc(COc2ccc(C3CCNCC3OCc3ccc(SC)cc3)cc2)n1. The Morgan fingerprint density at radius 2 is 1.81 bits per heavy atom. The van der Waals surface area contributed by atoms with E-state index in [1.165, 1.54) is 16.0 Å². The van der Waals surface area contributed by atoms with Gasteiger partial charge >= 0.3 is 0 Å². The first-order valence-corrected chi connectivity index (χ1v) is 13.6. The lowest BCUT2D eigenvalue weighted by atomic mass is 9.87. The number of benzene rings is 3. The van der Waals surface area contributed by atoms with E-state index in [0.29, 0.717) is 30.0 Å². The molecule has 8 heteroatoms. The molecule has 0 saturated carbocycles. The molecule has 0 amide bonds. The van der Waals surface area contributed by atoms with Crippen LogP contribution >= 0.6 is 11.8 Å². The van der Waals surface area contributed by atoms with Crippen molar-refractivity contribution in [2.45, 2.75) is 36.6 Å². The van der Waals surface area contributed by atoms with Crippen molar-refractivity contribution in [1.29, 1.82) is 0 Å². The van der Waals surface area contributed by atoms with E-state index in [2.05, 4.69) is 58.1 Å². The summed E-state index contributed by atoms with van der Waals surface area (Å²) in [5.74, 6) is 2.66. The van der Waals surface area contributed by atoms with E-state index in [1.807, 2.05) is 36.4 Å². The zero-order chi connectivity index (χ0) is 25.5. The zero-order valence-corrected chi connectivity index (χ0v) is 21.9. The zero-order valence-electron chi connectivity index (χ0n) is 21.1. The van der Waals surface area contributed by atoms with Gasteiger partial charge in [0, 0.05) is 17.4 Å². The van der Waals surface area contributed by atoms with Gasteiger partial charge in [-0.1, -0.05) is 41.6 Å². The molecule has 1 fully saturated rings. The number of aromatic nitrogens is 2. The predicted molar refractivity (Wildman–Crippen MR) is 144 cm³/mol. The maximum absolute atomic E-state index is 6.36. The molecule has 0 aliphatic carbocycles. The lowest BCUT2D eigenvalue weighted by Gasteiger charge is -2.32. The van der Waals surface area contributed by atoms with Crippen LogP contribution < -0.4 is 14.8 Å². The molecule has 2 atom stereocenters. The van der Waals surface area contributed by atoms with Gasteiger partial charge < -0.3 is 24.1 Å². The van der Waals surface area contributed by atoms with Gasteiger partial charge in [0.2, 0.25) is 5.82 Å². The fourth-order valence-corrected chi connectivity index (χ4v) is 4.93. The van der Waals surface area contributed by atoms with Crippen LogP contribution in [0, 0.1) is 0 Å². The minimum absolute atomic E-state index is 0.118. The Bertz CT molecular complexity index is 1280. The van der Waals surface area contributed by atoms with Crippen LogP contribution in [0.4, 0.5) is 0 Å². The van der Waals surface area contributed by atoms with E-state index in [4.69, 9.17) is 18.7 Å². The average Bonchev–Trinajstić information content (AvgIpc) is 3.44. The summed E-state index contributed by atoms with van der Waals surface area (Å²) in [6, 6.07) is 24.4. The second-order valence-electron chi connectivity index (χ2n) is 8.87. The van der Waals surface area contributed by atoms with Crippen molar-refractivity contribution in [2.24, 2.45) is 0 Å². The predicted octanol–water partition coefficient (Wildman–Crippen LogP) is 5.71. The smallest absolute Gasteiger partial charge is 0.264 e. The third kappa shape index (κ3) is 6.33. The highest BCUT2D eigenvalue weighted by atomic mass is 32.2. The van der Waals surface area contributed by atoms with Crippen LogP contribution in [0.1, 0.15) is 29.4 Å². The Morgan fingerprint density at radius 1 is 1.00 bits per heavy atom. The van der Waals surface area contributed by atoms with Crippen molar-refractivity contribution in [2.75, 3.05) is 26.5 Å². The third-order valence-corrected chi connectivity index (χ3v) is 7.28. The fraction of sp³-hybridized carbons (Fsp3) is 0.310. The Hall–Kier alpha value is -3.33. The summed E-state index contributed by atoms with van der Waals surface area (Å²) < 4.78 is 23.1. The molecule has 0 bridgehead atoms. The summed E-state index contributed by atoms with van der Waals surface area (Å²) in [6.45, 7) is 2.63. The lowest BCUT2D eigenvalue weighted by Crippen LogP contribution is -2.40. The van der Waals surface area contributed by atoms with E-state index < -0.39 is 0 Å². The van der Waals surface area contributed by atoms with Gasteiger partial charge in [-0.15, -0.1) is 11.8 Å². The molecule has 1 aromatic heterocycles. The minimum atomic E-state index is 0.118. The van der Waals surface area contributed by atoms with Crippen LogP contribution in [-0.2, 0) is 18.0 Å². The van der Waals surface area contributed by atoms with Crippen LogP contribution in [-0.4, -0.2) is 42.7 Å². The normalized spacial score (nSPS) is 17.5. The molecule has 1 N–H and O–H groups in total. The second-order valence-corrected chi connectivity index (χ2v) is 9.75. The highest BCUT2D eigenvalue weighted by Crippen LogP contribution is 2.31. The number of hydrogen-bond acceptors (Lipinski definition) is 8. The molecule has 4 aromatic rings. The molecule has 1 saturated heterocycles. The maximum Gasteiger partial charge on any atom is 0.264 e. The Labute approximate surface area is 221 Å². The summed E-state index contributed by atoms with van der Waals surface area (Å²) in [7, 11) is 1.62. The molecule has 2 unspecified atom stereocenters. The van der Waals surface area contributed by atoms with Crippen molar-refractivity contribution in [3.05, 3.63) is 89.8 Å². The van der Waals surface area contributed by atoms with Crippen LogP contribution in [0.3, 0.4) is 0 Å². The number of nitrogens with zero attached hydrogens (tertiary/aromatic N) is 2. The standard InChI is InChI=1S/C29H31N3O4S/c1-33-26-6-4-3-5-25(26)29-31-28(36-32-29)19-34-22-11-9-21(10-12-22)24-15-16-30-17-27(24)35-18-20-7-13-23(37-2)14-8-20/h3-14,24,27,30H,15-19H2,1-2H3. The van der Waals surface area contributed by atoms with Crippen molar-refractivity contribution in [1.82, 2.24) is 15.5 Å². The number of methoxy groups -OCH3 is 1. The number of para-hydroxylation sites is 1. The summed E-state index contributed by atoms with van der Waals surface area (Å²) in [6.07, 6.45) is 3.24. The molecule has 37 heavy (non-hydrogen) atoms. The van der Waals surface area contributed by atoms with Gasteiger partial charge in [0.05, 0.1) is 25.4 Å². The molecule has 0 radical (unpaired) electrons. The molecular formula is C29H31N3O4S. The monoisotopic (exact) mass is 517 g/mol. The summed E-state index contributed by atoms with van der Waals surface area (Å²) in [4.78, 5) is 5.72. The van der Waals surface area contributed by atoms with Gasteiger partial charge in [-0.05, 0) is 66.7 Å². The Kier molecular flexibility index (Phi) is 8.40. The van der Waals surface area contributed by atoms with Gasteiger partial charge in [-0.25, -0.2) is 0 Å².